The summed E-state index contributed by atoms with van der Waals surface area (Å²) in [7, 11) is 0. The highest BCUT2D eigenvalue weighted by molar-refractivity contribution is 6.03. The molecule has 0 unspecified atom stereocenters. The third-order valence-corrected chi connectivity index (χ3v) is 4.26. The number of rotatable bonds is 5. The first-order chi connectivity index (χ1) is 12.8. The zero-order valence-corrected chi connectivity index (χ0v) is 14.0. The second-order valence-corrected chi connectivity index (χ2v) is 6.03. The minimum absolute atomic E-state index is 0.00612. The van der Waals surface area contributed by atoms with Crippen molar-refractivity contribution in [2.75, 3.05) is 16.8 Å². The van der Waals surface area contributed by atoms with Gasteiger partial charge in [0.1, 0.15) is 0 Å². The molecule has 0 saturated carbocycles. The van der Waals surface area contributed by atoms with Crippen molar-refractivity contribution in [3.05, 3.63) is 64.2 Å². The molecule has 9 heteroatoms. The molecular weight excluding hydrogens is 354 g/mol. The van der Waals surface area contributed by atoms with Gasteiger partial charge in [0.2, 0.25) is 11.8 Å². The van der Waals surface area contributed by atoms with Gasteiger partial charge in [0.25, 0.3) is 5.69 Å². The summed E-state index contributed by atoms with van der Waals surface area (Å²) < 4.78 is 0. The maximum absolute atomic E-state index is 12.4. The number of carbonyl (C=O) groups is 3. The summed E-state index contributed by atoms with van der Waals surface area (Å²) in [5, 5.41) is 24.1. The normalized spacial score (nSPS) is 16.2. The van der Waals surface area contributed by atoms with Gasteiger partial charge in [-0.15, -0.1) is 0 Å². The Kier molecular flexibility index (Phi) is 4.84. The van der Waals surface area contributed by atoms with E-state index in [1.165, 1.54) is 53.4 Å². The van der Waals surface area contributed by atoms with Crippen LogP contribution in [0.25, 0.3) is 0 Å². The zero-order valence-electron chi connectivity index (χ0n) is 14.0. The second kappa shape index (κ2) is 7.24. The highest BCUT2D eigenvalue weighted by atomic mass is 16.6. The zero-order chi connectivity index (χ0) is 19.6. The fraction of sp³-hybridized carbons (Fsp3) is 0.167. The number of benzene rings is 2. The van der Waals surface area contributed by atoms with Gasteiger partial charge < -0.3 is 20.1 Å². The van der Waals surface area contributed by atoms with Crippen LogP contribution in [0.1, 0.15) is 16.8 Å². The molecule has 2 amide bonds. The Morgan fingerprint density at radius 1 is 1.07 bits per heavy atom. The lowest BCUT2D eigenvalue weighted by Crippen LogP contribution is -2.28. The van der Waals surface area contributed by atoms with Gasteiger partial charge in [0.15, 0.2) is 0 Å². The van der Waals surface area contributed by atoms with E-state index in [-0.39, 0.29) is 36.0 Å². The molecule has 0 radical (unpaired) electrons. The first kappa shape index (κ1) is 18.1. The molecule has 0 bridgehead atoms. The number of aromatic carboxylic acids is 1. The fourth-order valence-corrected chi connectivity index (χ4v) is 2.82. The third-order valence-electron chi connectivity index (χ3n) is 4.26. The van der Waals surface area contributed by atoms with Crippen molar-refractivity contribution in [2.45, 2.75) is 6.42 Å². The van der Waals surface area contributed by atoms with Crippen LogP contribution in [0.5, 0.6) is 0 Å². The van der Waals surface area contributed by atoms with Crippen molar-refractivity contribution in [3.8, 4) is 0 Å². The Balaban J connectivity index is 1.66. The number of nitrogens with one attached hydrogen (secondary N) is 1. The second-order valence-electron chi connectivity index (χ2n) is 6.03. The van der Waals surface area contributed by atoms with Crippen LogP contribution >= 0.6 is 0 Å². The van der Waals surface area contributed by atoms with Gasteiger partial charge in [-0.2, -0.15) is 0 Å². The lowest BCUT2D eigenvalue weighted by atomic mass is 10.1. The molecule has 1 saturated heterocycles. The molecule has 0 aliphatic carbocycles. The quantitative estimate of drug-likeness (QED) is 0.617. The molecule has 1 aliphatic heterocycles. The number of carboxylic acid groups (broad SMARTS) is 1. The highest BCUT2D eigenvalue weighted by Crippen LogP contribution is 2.27. The Morgan fingerprint density at radius 2 is 1.70 bits per heavy atom. The van der Waals surface area contributed by atoms with Gasteiger partial charge in [-0.25, -0.2) is 0 Å². The number of carbonyl (C=O) groups excluding carboxylic acids is 3. The fourth-order valence-electron chi connectivity index (χ4n) is 2.82. The van der Waals surface area contributed by atoms with E-state index >= 15 is 0 Å². The van der Waals surface area contributed by atoms with E-state index in [9.17, 15) is 29.6 Å². The van der Waals surface area contributed by atoms with Crippen molar-refractivity contribution >= 4 is 34.8 Å². The minimum atomic E-state index is -1.31. The van der Waals surface area contributed by atoms with Crippen molar-refractivity contribution < 1.29 is 24.4 Å². The van der Waals surface area contributed by atoms with Crippen LogP contribution in [-0.2, 0) is 9.59 Å². The van der Waals surface area contributed by atoms with Gasteiger partial charge in [-0.3, -0.25) is 19.7 Å². The van der Waals surface area contributed by atoms with Crippen molar-refractivity contribution in [1.29, 1.82) is 0 Å². The molecule has 1 atom stereocenters. The first-order valence-electron chi connectivity index (χ1n) is 8.02. The predicted octanol–water partition coefficient (Wildman–Crippen LogP) is 0.950. The molecule has 1 N–H and O–H groups in total. The topological polar surface area (TPSA) is 133 Å². The number of nitro groups is 1. The van der Waals surface area contributed by atoms with Crippen LogP contribution in [0, 0.1) is 16.0 Å². The molecule has 2 aromatic rings. The number of nitrogens with zero attached hydrogens (tertiary/aromatic N) is 2. The Morgan fingerprint density at radius 3 is 2.26 bits per heavy atom. The average Bonchev–Trinajstić information content (AvgIpc) is 3.04. The number of hydrogen-bond donors (Lipinski definition) is 1. The molecule has 2 aromatic carbocycles. The standard InChI is InChI=1S/C18H15N3O6/c22-16-9-12(10-20(16)14-5-7-15(8-6-14)21(26)27)17(23)19-13-3-1-11(2-4-13)18(24)25/h1-8,12H,9-10H2,(H,19,23)(H,24,25)/p-1/t12-/m1/s1. The van der Waals surface area contributed by atoms with Gasteiger partial charge in [0.05, 0.1) is 16.8 Å². The SMILES string of the molecule is O=C([O-])c1ccc(NC(=O)[C@@H]2CC(=O)N(c3ccc([N+](=O)[O-])cc3)C2)cc1. The summed E-state index contributed by atoms with van der Waals surface area (Å²) in [6, 6.07) is 11.0. The smallest absolute Gasteiger partial charge is 0.269 e. The summed E-state index contributed by atoms with van der Waals surface area (Å²) in [5.41, 5.74) is 0.804. The minimum Gasteiger partial charge on any atom is -0.545 e. The molecule has 27 heavy (non-hydrogen) atoms. The van der Waals surface area contributed by atoms with E-state index < -0.39 is 16.8 Å². The molecule has 1 fully saturated rings. The van der Waals surface area contributed by atoms with Crippen LogP contribution in [0.3, 0.4) is 0 Å². The van der Waals surface area contributed by atoms with E-state index in [2.05, 4.69) is 5.32 Å². The van der Waals surface area contributed by atoms with Crippen LogP contribution in [-0.4, -0.2) is 29.3 Å². The number of carboxylic acids is 1. The summed E-state index contributed by atoms with van der Waals surface area (Å²) >= 11 is 0. The van der Waals surface area contributed by atoms with E-state index in [0.717, 1.165) is 0 Å². The van der Waals surface area contributed by atoms with Gasteiger partial charge >= 0.3 is 0 Å². The van der Waals surface area contributed by atoms with E-state index in [1.807, 2.05) is 0 Å². The van der Waals surface area contributed by atoms with Crippen LogP contribution in [0.15, 0.2) is 48.5 Å². The number of nitro benzene ring substituents is 1. The van der Waals surface area contributed by atoms with Gasteiger partial charge in [-0.05, 0) is 29.8 Å². The number of amides is 2. The molecule has 9 nitrogen and oxygen atoms in total. The predicted molar refractivity (Wildman–Crippen MR) is 93.0 cm³/mol. The van der Waals surface area contributed by atoms with Crippen LogP contribution in [0.4, 0.5) is 17.1 Å². The van der Waals surface area contributed by atoms with Gasteiger partial charge in [-0.1, -0.05) is 12.1 Å². The Hall–Kier alpha value is -3.75. The molecule has 1 aliphatic rings. The Labute approximate surface area is 153 Å². The summed E-state index contributed by atoms with van der Waals surface area (Å²) in [5.74, 6) is -2.52. The highest BCUT2D eigenvalue weighted by Gasteiger charge is 2.35. The van der Waals surface area contributed by atoms with Crippen molar-refractivity contribution in [1.82, 2.24) is 0 Å². The number of anilines is 2. The first-order valence-corrected chi connectivity index (χ1v) is 8.02. The molecule has 3 rings (SSSR count). The lowest BCUT2D eigenvalue weighted by molar-refractivity contribution is -0.384. The third kappa shape index (κ3) is 3.92. The van der Waals surface area contributed by atoms with Crippen molar-refractivity contribution in [2.24, 2.45) is 5.92 Å². The van der Waals surface area contributed by atoms with E-state index in [4.69, 9.17) is 0 Å². The van der Waals surface area contributed by atoms with E-state index in [0.29, 0.717) is 11.4 Å². The maximum atomic E-state index is 12.4. The van der Waals surface area contributed by atoms with Crippen LogP contribution < -0.4 is 15.3 Å². The summed E-state index contributed by atoms with van der Waals surface area (Å²) in [6.07, 6.45) is 0.0138. The molecule has 0 aromatic heterocycles. The maximum Gasteiger partial charge on any atom is 0.269 e. The Bertz CT molecular complexity index is 908. The summed E-state index contributed by atoms with van der Waals surface area (Å²) in [6.45, 7) is 0.152. The van der Waals surface area contributed by atoms with Gasteiger partial charge in [0, 0.05) is 36.5 Å². The number of hydrogen-bond acceptors (Lipinski definition) is 6. The monoisotopic (exact) mass is 368 g/mol. The average molecular weight is 368 g/mol. The van der Waals surface area contributed by atoms with Crippen LogP contribution in [0.2, 0.25) is 0 Å². The molecule has 1 heterocycles. The largest absolute Gasteiger partial charge is 0.545 e. The van der Waals surface area contributed by atoms with Crippen molar-refractivity contribution in [3.63, 3.8) is 0 Å². The lowest BCUT2D eigenvalue weighted by Gasteiger charge is -2.16. The molecule has 138 valence electrons. The van der Waals surface area contributed by atoms with E-state index in [1.54, 1.807) is 0 Å². The molecule has 0 spiro atoms. The number of non-ortho nitro benzene ring substituents is 1. The molecular formula is C18H14N3O6-. The summed E-state index contributed by atoms with van der Waals surface area (Å²) in [4.78, 5) is 46.9.